The second-order valence-corrected chi connectivity index (χ2v) is 2.85. The summed E-state index contributed by atoms with van der Waals surface area (Å²) in [6.07, 6.45) is 1.42. The van der Waals surface area contributed by atoms with Gasteiger partial charge in [0, 0.05) is 5.92 Å². The Kier molecular flexibility index (Phi) is 1.02. The molecule has 1 fully saturated rings. The van der Waals surface area contributed by atoms with E-state index in [-0.39, 0.29) is 0 Å². The quantitative estimate of drug-likeness (QED) is 0.439. The van der Waals surface area contributed by atoms with Crippen molar-refractivity contribution >= 4 is 0 Å². The summed E-state index contributed by atoms with van der Waals surface area (Å²) in [5.74, 6) is 2.63. The van der Waals surface area contributed by atoms with Gasteiger partial charge in [0.1, 0.15) is 0 Å². The first-order valence-corrected chi connectivity index (χ1v) is 3.05. The first-order valence-electron chi connectivity index (χ1n) is 3.05. The predicted molar refractivity (Wildman–Crippen MR) is 31.8 cm³/mol. The lowest BCUT2D eigenvalue weighted by atomic mass is 10.1. The van der Waals surface area contributed by atoms with E-state index in [0.29, 0.717) is 5.92 Å². The average molecular weight is 97.2 g/mol. The van der Waals surface area contributed by atoms with Gasteiger partial charge in [0.05, 0.1) is 12.8 Å². The molecular formula is C7H13+. The van der Waals surface area contributed by atoms with Crippen LogP contribution in [0.25, 0.3) is 0 Å². The number of rotatable bonds is 1. The average Bonchev–Trinajstić information content (AvgIpc) is 2.17. The largest absolute Gasteiger partial charge is 0.0955 e. The van der Waals surface area contributed by atoms with E-state index in [9.17, 15) is 0 Å². The van der Waals surface area contributed by atoms with Crippen LogP contribution in [0, 0.1) is 24.7 Å². The van der Waals surface area contributed by atoms with Crippen molar-refractivity contribution in [1.29, 1.82) is 0 Å². The summed E-state index contributed by atoms with van der Waals surface area (Å²) in [4.78, 5) is 0. The molecule has 0 nitrogen and oxygen atoms in total. The van der Waals surface area contributed by atoms with Crippen LogP contribution in [0.4, 0.5) is 0 Å². The van der Waals surface area contributed by atoms with Crippen molar-refractivity contribution in [3.8, 4) is 0 Å². The highest BCUT2D eigenvalue weighted by Crippen LogP contribution is 2.42. The van der Waals surface area contributed by atoms with Crippen molar-refractivity contribution in [3.05, 3.63) is 6.92 Å². The van der Waals surface area contributed by atoms with Crippen LogP contribution in [0.2, 0.25) is 0 Å². The Morgan fingerprint density at radius 2 is 2.14 bits per heavy atom. The predicted octanol–water partition coefficient (Wildman–Crippen LogP) is 2.11. The molecule has 0 bridgehead atoms. The van der Waals surface area contributed by atoms with Crippen molar-refractivity contribution in [2.24, 2.45) is 17.8 Å². The van der Waals surface area contributed by atoms with Crippen LogP contribution in [-0.2, 0) is 0 Å². The summed E-state index contributed by atoms with van der Waals surface area (Å²) < 4.78 is 0. The van der Waals surface area contributed by atoms with Gasteiger partial charge in [-0.2, -0.15) is 0 Å². The van der Waals surface area contributed by atoms with Crippen LogP contribution < -0.4 is 0 Å². The Labute approximate surface area is 45.9 Å². The van der Waals surface area contributed by atoms with Gasteiger partial charge in [-0.15, -0.1) is 0 Å². The fourth-order valence-corrected chi connectivity index (χ4v) is 1.14. The lowest BCUT2D eigenvalue weighted by Gasteiger charge is -1.89. The molecule has 7 heavy (non-hydrogen) atoms. The van der Waals surface area contributed by atoms with Gasteiger partial charge in [0.25, 0.3) is 0 Å². The van der Waals surface area contributed by atoms with Gasteiger partial charge in [-0.05, 0) is 19.3 Å². The maximum absolute atomic E-state index is 3.95. The van der Waals surface area contributed by atoms with Gasteiger partial charge in [-0.25, -0.2) is 0 Å². The summed E-state index contributed by atoms with van der Waals surface area (Å²) >= 11 is 0. The lowest BCUT2D eigenvalue weighted by molar-refractivity contribution is 0.583. The molecule has 0 aromatic carbocycles. The normalized spacial score (nSPS) is 43.1. The summed E-state index contributed by atoms with van der Waals surface area (Å²) in [6.45, 7) is 8.45. The molecule has 0 radical (unpaired) electrons. The zero-order valence-corrected chi connectivity index (χ0v) is 5.15. The van der Waals surface area contributed by atoms with Crippen molar-refractivity contribution in [3.63, 3.8) is 0 Å². The standard InChI is InChI=1S/C7H13/c1-5(2)7-4-6(7)3/h5-7H,1,4H2,2-3H3/q+1. The maximum Gasteiger partial charge on any atom is 0.0955 e. The molecule has 1 aliphatic carbocycles. The first kappa shape index (κ1) is 5.02. The molecule has 3 atom stereocenters. The summed E-state index contributed by atoms with van der Waals surface area (Å²) in [6, 6.07) is 0. The van der Waals surface area contributed by atoms with Crippen LogP contribution in [0.5, 0.6) is 0 Å². The van der Waals surface area contributed by atoms with Crippen molar-refractivity contribution in [2.45, 2.75) is 20.3 Å². The highest BCUT2D eigenvalue weighted by molar-refractivity contribution is 4.86. The molecule has 0 saturated heterocycles. The van der Waals surface area contributed by atoms with Crippen molar-refractivity contribution < 1.29 is 0 Å². The van der Waals surface area contributed by atoms with Gasteiger partial charge in [-0.1, -0.05) is 6.92 Å². The van der Waals surface area contributed by atoms with Crippen LogP contribution in [0.15, 0.2) is 0 Å². The highest BCUT2D eigenvalue weighted by Gasteiger charge is 2.38. The van der Waals surface area contributed by atoms with E-state index in [4.69, 9.17) is 0 Å². The van der Waals surface area contributed by atoms with Gasteiger partial charge >= 0.3 is 0 Å². The molecule has 0 aromatic rings. The van der Waals surface area contributed by atoms with E-state index in [2.05, 4.69) is 20.8 Å². The van der Waals surface area contributed by atoms with Crippen molar-refractivity contribution in [2.75, 3.05) is 0 Å². The summed E-state index contributed by atoms with van der Waals surface area (Å²) in [5, 5.41) is 0. The molecule has 0 aliphatic heterocycles. The van der Waals surface area contributed by atoms with Crippen LogP contribution in [0.3, 0.4) is 0 Å². The molecule has 1 aliphatic rings. The van der Waals surface area contributed by atoms with E-state index < -0.39 is 0 Å². The molecule has 0 aromatic heterocycles. The minimum atomic E-state index is 0.690. The molecule has 0 amide bonds. The van der Waals surface area contributed by atoms with Gasteiger partial charge in [0.2, 0.25) is 0 Å². The molecule has 1 rings (SSSR count). The number of hydrogen-bond donors (Lipinski definition) is 0. The smallest absolute Gasteiger partial charge is 0.0621 e. The van der Waals surface area contributed by atoms with Gasteiger partial charge in [0.15, 0.2) is 0 Å². The molecule has 1 saturated carbocycles. The zero-order chi connectivity index (χ0) is 5.44. The fourth-order valence-electron chi connectivity index (χ4n) is 1.14. The minimum Gasteiger partial charge on any atom is -0.0621 e. The second kappa shape index (κ2) is 1.43. The Balaban J connectivity index is 2.20. The molecule has 3 unspecified atom stereocenters. The van der Waals surface area contributed by atoms with E-state index in [1.54, 1.807) is 0 Å². The lowest BCUT2D eigenvalue weighted by Crippen LogP contribution is -1.89. The Morgan fingerprint density at radius 1 is 1.71 bits per heavy atom. The molecule has 40 valence electrons. The van der Waals surface area contributed by atoms with E-state index in [1.165, 1.54) is 6.42 Å². The van der Waals surface area contributed by atoms with Crippen LogP contribution >= 0.6 is 0 Å². The topological polar surface area (TPSA) is 0 Å². The minimum absolute atomic E-state index is 0.690. The monoisotopic (exact) mass is 97.1 g/mol. The molecule has 0 heteroatoms. The maximum atomic E-state index is 3.95. The third-order valence-corrected chi connectivity index (χ3v) is 1.90. The molecule has 0 spiro atoms. The molecule has 0 N–H and O–H groups in total. The highest BCUT2D eigenvalue weighted by atomic mass is 14.4. The SMILES string of the molecule is [CH2+]C(C)C1CC1C. The van der Waals surface area contributed by atoms with E-state index in [1.807, 2.05) is 0 Å². The van der Waals surface area contributed by atoms with E-state index in [0.717, 1.165) is 11.8 Å². The third-order valence-electron chi connectivity index (χ3n) is 1.90. The molecule has 0 heterocycles. The van der Waals surface area contributed by atoms with E-state index >= 15 is 0 Å². The zero-order valence-electron chi connectivity index (χ0n) is 5.15. The summed E-state index contributed by atoms with van der Waals surface area (Å²) in [7, 11) is 0. The van der Waals surface area contributed by atoms with Crippen molar-refractivity contribution in [1.82, 2.24) is 0 Å². The van der Waals surface area contributed by atoms with Crippen LogP contribution in [0.1, 0.15) is 20.3 Å². The fraction of sp³-hybridized carbons (Fsp3) is 0.857. The van der Waals surface area contributed by atoms with Crippen LogP contribution in [-0.4, -0.2) is 0 Å². The summed E-state index contributed by atoms with van der Waals surface area (Å²) in [5.41, 5.74) is 0. The van der Waals surface area contributed by atoms with Gasteiger partial charge < -0.3 is 0 Å². The first-order chi connectivity index (χ1) is 3.22. The molecular weight excluding hydrogens is 84.1 g/mol. The Bertz CT molecular complexity index is 64.4. The Hall–Kier alpha value is -0.130. The van der Waals surface area contributed by atoms with Gasteiger partial charge in [-0.3, -0.25) is 0 Å². The second-order valence-electron chi connectivity index (χ2n) is 2.85. The number of hydrogen-bond acceptors (Lipinski definition) is 0. The third kappa shape index (κ3) is 0.902. The Morgan fingerprint density at radius 3 is 2.14 bits per heavy atom.